The summed E-state index contributed by atoms with van der Waals surface area (Å²) < 4.78 is 0. The summed E-state index contributed by atoms with van der Waals surface area (Å²) in [5.41, 5.74) is -0.476. The monoisotopic (exact) mass is 199 g/mol. The normalized spacial score (nSPS) is 40.5. The van der Waals surface area contributed by atoms with E-state index in [-0.39, 0.29) is 6.04 Å². The van der Waals surface area contributed by atoms with Crippen LogP contribution in [0.3, 0.4) is 0 Å². The Morgan fingerprint density at radius 1 is 1.38 bits per heavy atom. The summed E-state index contributed by atoms with van der Waals surface area (Å²) in [6.45, 7) is 0.917. The third kappa shape index (κ3) is 2.09. The Bertz CT molecular complexity index is 197. The van der Waals surface area contributed by atoms with Crippen molar-refractivity contribution in [1.82, 2.24) is 5.32 Å². The van der Waals surface area contributed by atoms with Crippen LogP contribution < -0.4 is 5.32 Å². The summed E-state index contributed by atoms with van der Waals surface area (Å²) in [5, 5.41) is 13.7. The van der Waals surface area contributed by atoms with Gasteiger partial charge in [-0.1, -0.05) is 12.2 Å². The number of hydrogen-bond donors (Lipinski definition) is 2. The minimum absolute atomic E-state index is 0.200. The lowest BCUT2D eigenvalue weighted by atomic mass is 9.87. The molecule has 0 spiro atoms. The Kier molecular flexibility index (Phi) is 2.96. The van der Waals surface area contributed by atoms with E-state index in [1.54, 1.807) is 0 Å². The van der Waals surface area contributed by atoms with E-state index < -0.39 is 5.60 Å². The van der Waals surface area contributed by atoms with E-state index in [2.05, 4.69) is 17.5 Å². The van der Waals surface area contributed by atoms with Crippen LogP contribution in [0.5, 0.6) is 0 Å². The maximum absolute atomic E-state index is 10.4. The van der Waals surface area contributed by atoms with Crippen LogP contribution in [-0.4, -0.2) is 34.8 Å². The van der Waals surface area contributed by atoms with Crippen molar-refractivity contribution in [2.75, 3.05) is 18.1 Å². The van der Waals surface area contributed by atoms with Crippen LogP contribution in [0.4, 0.5) is 0 Å². The maximum atomic E-state index is 10.4. The van der Waals surface area contributed by atoms with Crippen LogP contribution in [0.25, 0.3) is 0 Å². The van der Waals surface area contributed by atoms with Gasteiger partial charge in [0.05, 0.1) is 11.6 Å². The Morgan fingerprint density at radius 3 is 3.08 bits per heavy atom. The lowest BCUT2D eigenvalue weighted by molar-refractivity contribution is 0.00972. The summed E-state index contributed by atoms with van der Waals surface area (Å²) in [6.07, 6.45) is 7.26. The van der Waals surface area contributed by atoms with Gasteiger partial charge in [0.25, 0.3) is 0 Å². The lowest BCUT2D eigenvalue weighted by Crippen LogP contribution is -2.47. The molecule has 0 saturated carbocycles. The van der Waals surface area contributed by atoms with Crippen LogP contribution in [0.1, 0.15) is 19.3 Å². The fraction of sp³-hybridized carbons (Fsp3) is 0.800. The summed E-state index contributed by atoms with van der Waals surface area (Å²) in [5.74, 6) is 2.31. The lowest BCUT2D eigenvalue weighted by Gasteiger charge is -2.32. The zero-order valence-electron chi connectivity index (χ0n) is 7.83. The molecule has 2 heterocycles. The summed E-state index contributed by atoms with van der Waals surface area (Å²) in [6, 6.07) is 0.200. The van der Waals surface area contributed by atoms with Crippen molar-refractivity contribution < 1.29 is 5.11 Å². The van der Waals surface area contributed by atoms with Crippen molar-refractivity contribution in [3.63, 3.8) is 0 Å². The largest absolute Gasteiger partial charge is 0.388 e. The minimum atomic E-state index is -0.476. The predicted octanol–water partition coefficient (Wildman–Crippen LogP) is 1.16. The summed E-state index contributed by atoms with van der Waals surface area (Å²) in [4.78, 5) is 0. The third-order valence-electron chi connectivity index (χ3n) is 2.94. The summed E-state index contributed by atoms with van der Waals surface area (Å²) in [7, 11) is 0. The number of thioether (sulfide) groups is 1. The highest BCUT2D eigenvalue weighted by Gasteiger charge is 2.36. The van der Waals surface area contributed by atoms with Gasteiger partial charge in [-0.2, -0.15) is 11.8 Å². The molecule has 0 aromatic rings. The van der Waals surface area contributed by atoms with Crippen LogP contribution in [0.2, 0.25) is 0 Å². The number of nitrogens with one attached hydrogen (secondary N) is 1. The van der Waals surface area contributed by atoms with Crippen molar-refractivity contribution in [1.29, 1.82) is 0 Å². The van der Waals surface area contributed by atoms with Crippen molar-refractivity contribution in [2.24, 2.45) is 0 Å². The smallest absolute Gasteiger partial charge is 0.0843 e. The molecule has 2 N–H and O–H groups in total. The fourth-order valence-electron chi connectivity index (χ4n) is 2.10. The fourth-order valence-corrected chi connectivity index (χ4v) is 3.15. The Morgan fingerprint density at radius 2 is 2.31 bits per heavy atom. The van der Waals surface area contributed by atoms with Gasteiger partial charge in [0.15, 0.2) is 0 Å². The third-order valence-corrected chi connectivity index (χ3v) is 4.01. The van der Waals surface area contributed by atoms with Gasteiger partial charge in [-0.3, -0.25) is 0 Å². The van der Waals surface area contributed by atoms with Gasteiger partial charge in [0.2, 0.25) is 0 Å². The Hall–Kier alpha value is 0.01000. The molecule has 1 saturated heterocycles. The van der Waals surface area contributed by atoms with E-state index in [1.807, 2.05) is 11.8 Å². The number of hydrogen-bond acceptors (Lipinski definition) is 3. The highest BCUT2D eigenvalue weighted by Crippen LogP contribution is 2.30. The van der Waals surface area contributed by atoms with E-state index in [0.29, 0.717) is 0 Å². The van der Waals surface area contributed by atoms with E-state index in [4.69, 9.17) is 0 Å². The van der Waals surface area contributed by atoms with Gasteiger partial charge in [0, 0.05) is 6.54 Å². The molecular formula is C10H17NOS. The second-order valence-electron chi connectivity index (χ2n) is 3.88. The molecule has 2 aliphatic rings. The number of rotatable bonds is 1. The summed E-state index contributed by atoms with van der Waals surface area (Å²) >= 11 is 1.96. The van der Waals surface area contributed by atoms with Gasteiger partial charge in [-0.15, -0.1) is 0 Å². The zero-order valence-corrected chi connectivity index (χ0v) is 8.65. The number of aliphatic hydroxyl groups is 1. The van der Waals surface area contributed by atoms with Crippen molar-refractivity contribution >= 4 is 11.8 Å². The molecule has 1 fully saturated rings. The quantitative estimate of drug-likeness (QED) is 0.622. The minimum Gasteiger partial charge on any atom is -0.388 e. The molecule has 3 heteroatoms. The zero-order chi connectivity index (χ0) is 9.15. The van der Waals surface area contributed by atoms with Crippen LogP contribution >= 0.6 is 11.8 Å². The van der Waals surface area contributed by atoms with Crippen molar-refractivity contribution in [3.05, 3.63) is 12.2 Å². The second kappa shape index (κ2) is 4.03. The molecule has 0 aromatic carbocycles. The molecule has 13 heavy (non-hydrogen) atoms. The van der Waals surface area contributed by atoms with Crippen LogP contribution in [0.15, 0.2) is 12.2 Å². The first-order valence-corrected chi connectivity index (χ1v) is 6.17. The maximum Gasteiger partial charge on any atom is 0.0843 e. The van der Waals surface area contributed by atoms with Crippen molar-refractivity contribution in [3.8, 4) is 0 Å². The van der Waals surface area contributed by atoms with Gasteiger partial charge >= 0.3 is 0 Å². The van der Waals surface area contributed by atoms with Gasteiger partial charge in [0.1, 0.15) is 0 Å². The van der Waals surface area contributed by atoms with Gasteiger partial charge in [-0.25, -0.2) is 0 Å². The van der Waals surface area contributed by atoms with E-state index in [9.17, 15) is 5.11 Å². The van der Waals surface area contributed by atoms with E-state index >= 15 is 0 Å². The molecule has 0 amide bonds. The van der Waals surface area contributed by atoms with Crippen molar-refractivity contribution in [2.45, 2.75) is 30.9 Å². The molecule has 0 aromatic heterocycles. The van der Waals surface area contributed by atoms with Crippen LogP contribution in [-0.2, 0) is 0 Å². The molecule has 2 nitrogen and oxygen atoms in total. The Balaban J connectivity index is 2.03. The van der Waals surface area contributed by atoms with Gasteiger partial charge in [-0.05, 0) is 30.8 Å². The average Bonchev–Trinajstić information content (AvgIpc) is 2.57. The topological polar surface area (TPSA) is 32.3 Å². The molecular weight excluding hydrogens is 182 g/mol. The van der Waals surface area contributed by atoms with Crippen LogP contribution in [0, 0.1) is 0 Å². The molecule has 2 atom stereocenters. The van der Waals surface area contributed by atoms with E-state index in [0.717, 1.165) is 31.6 Å². The molecule has 2 unspecified atom stereocenters. The second-order valence-corrected chi connectivity index (χ2v) is 5.11. The molecule has 0 radical (unpaired) electrons. The average molecular weight is 199 g/mol. The van der Waals surface area contributed by atoms with E-state index in [1.165, 1.54) is 5.75 Å². The molecule has 74 valence electrons. The molecule has 2 aliphatic heterocycles. The first-order chi connectivity index (χ1) is 6.31. The van der Waals surface area contributed by atoms with Gasteiger partial charge < -0.3 is 10.4 Å². The SMILES string of the molecule is OC1(C2C=CCN2)CCCSCC1. The molecule has 0 aliphatic carbocycles. The highest BCUT2D eigenvalue weighted by atomic mass is 32.2. The first kappa shape index (κ1) is 9.56. The standard InChI is InChI=1S/C10H17NOS/c12-10(9-3-1-6-11-9)4-2-7-13-8-5-10/h1,3,9,11-12H,2,4-8H2. The molecule has 0 bridgehead atoms. The highest BCUT2D eigenvalue weighted by molar-refractivity contribution is 7.99. The predicted molar refractivity (Wildman–Crippen MR) is 57.1 cm³/mol. The first-order valence-electron chi connectivity index (χ1n) is 5.01. The molecule has 2 rings (SSSR count). The Labute approximate surface area is 83.8 Å².